The summed E-state index contributed by atoms with van der Waals surface area (Å²) in [7, 11) is 3.36. The van der Waals surface area contributed by atoms with Crippen molar-refractivity contribution >= 4 is 23.5 Å². The highest BCUT2D eigenvalue weighted by Crippen LogP contribution is 2.14. The number of rotatable bonds is 6. The minimum absolute atomic E-state index is 0.0360. The highest BCUT2D eigenvalue weighted by molar-refractivity contribution is 6.03. The van der Waals surface area contributed by atoms with Crippen LogP contribution in [0.25, 0.3) is 0 Å². The molecule has 2 aromatic heterocycles. The number of aromatic nitrogens is 3. The lowest BCUT2D eigenvalue weighted by molar-refractivity contribution is -0.136. The van der Waals surface area contributed by atoms with E-state index in [2.05, 4.69) is 15.6 Å². The molecule has 3 N–H and O–H groups in total. The van der Waals surface area contributed by atoms with Crippen LogP contribution in [0.5, 0.6) is 0 Å². The number of imidazole rings is 1. The van der Waals surface area contributed by atoms with E-state index in [1.807, 2.05) is 0 Å². The molecule has 2 rings (SSSR count). The summed E-state index contributed by atoms with van der Waals surface area (Å²) in [5.74, 6) is -1.53. The maximum Gasteiger partial charge on any atom is 0.305 e. The first-order valence-electron chi connectivity index (χ1n) is 6.83. The minimum Gasteiger partial charge on any atom is -0.481 e. The van der Waals surface area contributed by atoms with Gasteiger partial charge in [0.2, 0.25) is 0 Å². The number of carbonyl (C=O) groups excluding carboxylic acids is 2. The molecule has 0 fully saturated rings. The van der Waals surface area contributed by atoms with E-state index in [1.54, 1.807) is 35.6 Å². The van der Waals surface area contributed by atoms with E-state index in [0.717, 1.165) is 0 Å². The Bertz CT molecular complexity index is 746. The Hall–Kier alpha value is -3.10. The molecular formula is C14H17N5O4. The van der Waals surface area contributed by atoms with Crippen LogP contribution in [0.2, 0.25) is 0 Å². The Morgan fingerprint density at radius 3 is 2.57 bits per heavy atom. The maximum atomic E-state index is 12.1. The molecule has 23 heavy (non-hydrogen) atoms. The Labute approximate surface area is 131 Å². The molecule has 2 heterocycles. The highest BCUT2D eigenvalue weighted by Gasteiger charge is 2.15. The number of nitrogens with one attached hydrogen (secondary N) is 2. The first-order valence-corrected chi connectivity index (χ1v) is 6.83. The molecule has 0 spiro atoms. The fraction of sp³-hybridized carbons (Fsp3) is 0.286. The molecule has 0 atom stereocenters. The monoisotopic (exact) mass is 319 g/mol. The van der Waals surface area contributed by atoms with Gasteiger partial charge in [0.15, 0.2) is 5.82 Å². The first-order chi connectivity index (χ1) is 10.9. The van der Waals surface area contributed by atoms with Crippen LogP contribution < -0.4 is 10.6 Å². The van der Waals surface area contributed by atoms with E-state index in [9.17, 15) is 14.4 Å². The van der Waals surface area contributed by atoms with Crippen molar-refractivity contribution < 1.29 is 19.5 Å². The van der Waals surface area contributed by atoms with Gasteiger partial charge in [0.05, 0.1) is 12.1 Å². The third-order valence-electron chi connectivity index (χ3n) is 3.14. The van der Waals surface area contributed by atoms with Crippen molar-refractivity contribution in [3.8, 4) is 0 Å². The average Bonchev–Trinajstić information content (AvgIpc) is 3.04. The van der Waals surface area contributed by atoms with Crippen molar-refractivity contribution in [2.75, 3.05) is 11.9 Å². The summed E-state index contributed by atoms with van der Waals surface area (Å²) >= 11 is 0. The summed E-state index contributed by atoms with van der Waals surface area (Å²) in [6.45, 7) is 0.0360. The van der Waals surface area contributed by atoms with Gasteiger partial charge in [0.1, 0.15) is 5.69 Å². The normalized spacial score (nSPS) is 10.3. The lowest BCUT2D eigenvalue weighted by Gasteiger charge is -2.03. The van der Waals surface area contributed by atoms with Gasteiger partial charge in [-0.25, -0.2) is 4.98 Å². The second-order valence-corrected chi connectivity index (χ2v) is 4.94. The third kappa shape index (κ3) is 3.96. The van der Waals surface area contributed by atoms with Crippen LogP contribution in [0.4, 0.5) is 5.69 Å². The van der Waals surface area contributed by atoms with Crippen LogP contribution in [0.3, 0.4) is 0 Å². The van der Waals surface area contributed by atoms with Crippen LogP contribution in [-0.2, 0) is 18.9 Å². The number of anilines is 1. The first kappa shape index (κ1) is 16.3. The molecule has 0 aromatic carbocycles. The Morgan fingerprint density at radius 2 is 1.96 bits per heavy atom. The van der Waals surface area contributed by atoms with Crippen molar-refractivity contribution in [1.29, 1.82) is 0 Å². The Balaban J connectivity index is 2.03. The predicted octanol–water partition coefficient (Wildman–Crippen LogP) is 0.215. The number of carboxylic acids is 1. The summed E-state index contributed by atoms with van der Waals surface area (Å²) < 4.78 is 3.13. The number of hydrogen-bond acceptors (Lipinski definition) is 4. The van der Waals surface area contributed by atoms with Crippen molar-refractivity contribution in [2.24, 2.45) is 14.1 Å². The van der Waals surface area contributed by atoms with Crippen LogP contribution >= 0.6 is 0 Å². The second kappa shape index (κ2) is 6.77. The summed E-state index contributed by atoms with van der Waals surface area (Å²) in [6.07, 6.45) is 4.61. The molecule has 2 amide bonds. The topological polar surface area (TPSA) is 118 Å². The maximum absolute atomic E-state index is 12.1. The molecule has 0 bridgehead atoms. The summed E-state index contributed by atoms with van der Waals surface area (Å²) in [5, 5.41) is 13.7. The zero-order valence-electron chi connectivity index (χ0n) is 12.7. The number of carbonyl (C=O) groups is 3. The fourth-order valence-electron chi connectivity index (χ4n) is 2.00. The molecule has 0 unspecified atom stereocenters. The van der Waals surface area contributed by atoms with Crippen molar-refractivity contribution in [2.45, 2.75) is 6.42 Å². The van der Waals surface area contributed by atoms with E-state index in [-0.39, 0.29) is 24.7 Å². The van der Waals surface area contributed by atoms with Gasteiger partial charge in [0, 0.05) is 39.2 Å². The number of carboxylic acid groups (broad SMARTS) is 1. The van der Waals surface area contributed by atoms with Crippen molar-refractivity contribution in [3.05, 3.63) is 36.2 Å². The zero-order chi connectivity index (χ0) is 17.0. The van der Waals surface area contributed by atoms with Gasteiger partial charge in [-0.2, -0.15) is 0 Å². The van der Waals surface area contributed by atoms with Gasteiger partial charge in [0.25, 0.3) is 11.8 Å². The van der Waals surface area contributed by atoms with E-state index in [1.165, 1.54) is 12.3 Å². The predicted molar refractivity (Wildman–Crippen MR) is 81.2 cm³/mol. The molecule has 9 heteroatoms. The second-order valence-electron chi connectivity index (χ2n) is 4.94. The van der Waals surface area contributed by atoms with Gasteiger partial charge in [-0.1, -0.05) is 0 Å². The Morgan fingerprint density at radius 1 is 1.22 bits per heavy atom. The van der Waals surface area contributed by atoms with Crippen LogP contribution in [0, 0.1) is 0 Å². The third-order valence-corrected chi connectivity index (χ3v) is 3.14. The number of hydrogen-bond donors (Lipinski definition) is 3. The molecule has 9 nitrogen and oxygen atoms in total. The standard InChI is InChI=1S/C14H17N5O4/c1-18-6-5-15-12(18)14(23)17-9-7-10(19(2)8-9)13(22)16-4-3-11(20)21/h5-8H,3-4H2,1-2H3,(H,16,22)(H,17,23)(H,20,21). The molecule has 122 valence electrons. The van der Waals surface area contributed by atoms with Gasteiger partial charge in [-0.15, -0.1) is 0 Å². The largest absolute Gasteiger partial charge is 0.481 e. The molecular weight excluding hydrogens is 302 g/mol. The average molecular weight is 319 g/mol. The number of aliphatic carboxylic acids is 1. The summed E-state index contributed by atoms with van der Waals surface area (Å²) in [5.41, 5.74) is 0.759. The molecule has 0 aliphatic rings. The fourth-order valence-corrected chi connectivity index (χ4v) is 2.00. The lowest BCUT2D eigenvalue weighted by atomic mass is 10.3. The Kier molecular flexibility index (Phi) is 4.79. The van der Waals surface area contributed by atoms with Gasteiger partial charge in [-0.05, 0) is 6.07 Å². The van der Waals surface area contributed by atoms with Crippen LogP contribution in [0.15, 0.2) is 24.7 Å². The number of nitrogens with zero attached hydrogens (tertiary/aromatic N) is 3. The molecule has 0 saturated carbocycles. The van der Waals surface area contributed by atoms with Crippen molar-refractivity contribution in [3.63, 3.8) is 0 Å². The zero-order valence-corrected chi connectivity index (χ0v) is 12.7. The molecule has 0 saturated heterocycles. The molecule has 0 radical (unpaired) electrons. The quantitative estimate of drug-likeness (QED) is 0.703. The van der Waals surface area contributed by atoms with E-state index < -0.39 is 11.9 Å². The molecule has 0 aliphatic carbocycles. The van der Waals surface area contributed by atoms with Crippen molar-refractivity contribution in [1.82, 2.24) is 19.4 Å². The van der Waals surface area contributed by atoms with Gasteiger partial charge < -0.3 is 24.9 Å². The lowest BCUT2D eigenvalue weighted by Crippen LogP contribution is -2.27. The van der Waals surface area contributed by atoms with Gasteiger partial charge in [-0.3, -0.25) is 14.4 Å². The summed E-state index contributed by atoms with van der Waals surface area (Å²) in [6, 6.07) is 1.51. The van der Waals surface area contributed by atoms with E-state index in [4.69, 9.17) is 5.11 Å². The van der Waals surface area contributed by atoms with E-state index >= 15 is 0 Å². The highest BCUT2D eigenvalue weighted by atomic mass is 16.4. The molecule has 2 aromatic rings. The SMILES string of the molecule is Cn1cc(NC(=O)c2nccn2C)cc1C(=O)NCCC(=O)O. The van der Waals surface area contributed by atoms with Crippen LogP contribution in [-0.4, -0.2) is 43.6 Å². The number of amides is 2. The molecule has 0 aliphatic heterocycles. The van der Waals surface area contributed by atoms with Gasteiger partial charge >= 0.3 is 5.97 Å². The number of aryl methyl sites for hydroxylation is 2. The van der Waals surface area contributed by atoms with Crippen LogP contribution in [0.1, 0.15) is 27.5 Å². The summed E-state index contributed by atoms with van der Waals surface area (Å²) in [4.78, 5) is 38.4. The van der Waals surface area contributed by atoms with E-state index in [0.29, 0.717) is 11.4 Å². The smallest absolute Gasteiger partial charge is 0.305 e. The minimum atomic E-state index is -0.986.